The van der Waals surface area contributed by atoms with Crippen molar-refractivity contribution in [1.29, 1.82) is 0 Å². The SMILES string of the molecule is c1ccc(-c2cc(OC3CCCCC3)ccn2)cc1. The van der Waals surface area contributed by atoms with Gasteiger partial charge in [-0.3, -0.25) is 4.98 Å². The quantitative estimate of drug-likeness (QED) is 0.805. The van der Waals surface area contributed by atoms with Gasteiger partial charge in [-0.25, -0.2) is 0 Å². The Morgan fingerprint density at radius 1 is 0.947 bits per heavy atom. The van der Waals surface area contributed by atoms with Crippen molar-refractivity contribution in [2.75, 3.05) is 0 Å². The molecule has 1 aliphatic rings. The number of aromatic nitrogens is 1. The van der Waals surface area contributed by atoms with Gasteiger partial charge in [-0.15, -0.1) is 0 Å². The average molecular weight is 253 g/mol. The standard InChI is InChI=1S/C17H19NO/c1-3-7-14(8-4-1)17-13-16(11-12-18-17)19-15-9-5-2-6-10-15/h1,3-4,7-8,11-13,15H,2,5-6,9-10H2. The highest BCUT2D eigenvalue weighted by atomic mass is 16.5. The first kappa shape index (κ1) is 12.2. The van der Waals surface area contributed by atoms with Crippen LogP contribution in [0.15, 0.2) is 48.7 Å². The van der Waals surface area contributed by atoms with Gasteiger partial charge in [-0.2, -0.15) is 0 Å². The molecule has 3 rings (SSSR count). The molecule has 0 bridgehead atoms. The van der Waals surface area contributed by atoms with E-state index < -0.39 is 0 Å². The first-order valence-corrected chi connectivity index (χ1v) is 7.10. The fraction of sp³-hybridized carbons (Fsp3) is 0.353. The van der Waals surface area contributed by atoms with Crippen LogP contribution in [0.5, 0.6) is 5.75 Å². The molecule has 1 aromatic carbocycles. The van der Waals surface area contributed by atoms with Gasteiger partial charge in [0.15, 0.2) is 0 Å². The minimum Gasteiger partial charge on any atom is -0.490 e. The normalized spacial score (nSPS) is 16.2. The molecule has 0 aliphatic heterocycles. The molecule has 98 valence electrons. The second kappa shape index (κ2) is 5.87. The summed E-state index contributed by atoms with van der Waals surface area (Å²) >= 11 is 0. The molecule has 0 unspecified atom stereocenters. The average Bonchev–Trinajstić information content (AvgIpc) is 2.49. The Kier molecular flexibility index (Phi) is 3.78. The fourth-order valence-corrected chi connectivity index (χ4v) is 2.63. The zero-order valence-corrected chi connectivity index (χ0v) is 11.1. The van der Waals surface area contributed by atoms with Crippen LogP contribution in [0, 0.1) is 0 Å². The van der Waals surface area contributed by atoms with E-state index in [-0.39, 0.29) is 0 Å². The summed E-state index contributed by atoms with van der Waals surface area (Å²) in [5, 5.41) is 0. The van der Waals surface area contributed by atoms with E-state index in [1.165, 1.54) is 32.1 Å². The van der Waals surface area contributed by atoms with Gasteiger partial charge in [0.25, 0.3) is 0 Å². The molecular formula is C17H19NO. The molecule has 1 saturated carbocycles. The van der Waals surface area contributed by atoms with Crippen molar-refractivity contribution in [3.8, 4) is 17.0 Å². The summed E-state index contributed by atoms with van der Waals surface area (Å²) in [6, 6.07) is 14.2. The van der Waals surface area contributed by atoms with Crippen molar-refractivity contribution < 1.29 is 4.74 Å². The van der Waals surface area contributed by atoms with Crippen LogP contribution in [-0.2, 0) is 0 Å². The molecule has 0 amide bonds. The summed E-state index contributed by atoms with van der Waals surface area (Å²) in [6.45, 7) is 0. The molecular weight excluding hydrogens is 234 g/mol. The first-order valence-electron chi connectivity index (χ1n) is 7.10. The summed E-state index contributed by atoms with van der Waals surface area (Å²) in [5.41, 5.74) is 2.12. The van der Waals surface area contributed by atoms with E-state index in [2.05, 4.69) is 17.1 Å². The number of nitrogens with zero attached hydrogens (tertiary/aromatic N) is 1. The first-order chi connectivity index (χ1) is 9.42. The maximum absolute atomic E-state index is 6.08. The molecule has 0 spiro atoms. The Labute approximate surface area is 114 Å². The molecule has 0 atom stereocenters. The Hall–Kier alpha value is -1.83. The molecule has 1 fully saturated rings. The molecule has 0 saturated heterocycles. The second-order valence-corrected chi connectivity index (χ2v) is 5.12. The molecule has 1 aliphatic carbocycles. The second-order valence-electron chi connectivity index (χ2n) is 5.12. The van der Waals surface area contributed by atoms with Gasteiger partial charge in [0, 0.05) is 17.8 Å². The van der Waals surface area contributed by atoms with E-state index in [0.29, 0.717) is 6.10 Å². The minimum absolute atomic E-state index is 0.389. The Morgan fingerprint density at radius 3 is 2.53 bits per heavy atom. The van der Waals surface area contributed by atoms with Gasteiger partial charge in [0.1, 0.15) is 5.75 Å². The van der Waals surface area contributed by atoms with Gasteiger partial charge < -0.3 is 4.74 Å². The number of pyridine rings is 1. The molecule has 0 radical (unpaired) electrons. The lowest BCUT2D eigenvalue weighted by Gasteiger charge is -2.23. The van der Waals surface area contributed by atoms with Crippen LogP contribution >= 0.6 is 0 Å². The van der Waals surface area contributed by atoms with Crippen LogP contribution in [0.2, 0.25) is 0 Å². The zero-order valence-electron chi connectivity index (χ0n) is 11.1. The predicted molar refractivity (Wildman–Crippen MR) is 77.2 cm³/mol. The highest BCUT2D eigenvalue weighted by Crippen LogP contribution is 2.26. The van der Waals surface area contributed by atoms with Gasteiger partial charge >= 0.3 is 0 Å². The summed E-state index contributed by atoms with van der Waals surface area (Å²) in [5.74, 6) is 0.945. The number of rotatable bonds is 3. The fourth-order valence-electron chi connectivity index (χ4n) is 2.63. The van der Waals surface area contributed by atoms with E-state index in [1.807, 2.05) is 36.5 Å². The number of hydrogen-bond acceptors (Lipinski definition) is 2. The molecule has 1 aromatic heterocycles. The Bertz CT molecular complexity index is 518. The third-order valence-electron chi connectivity index (χ3n) is 3.66. The summed E-state index contributed by atoms with van der Waals surface area (Å²) in [6.07, 6.45) is 8.53. The molecule has 1 heterocycles. The Morgan fingerprint density at radius 2 is 1.74 bits per heavy atom. The van der Waals surface area contributed by atoms with Crippen molar-refractivity contribution in [3.63, 3.8) is 0 Å². The van der Waals surface area contributed by atoms with E-state index in [1.54, 1.807) is 0 Å². The van der Waals surface area contributed by atoms with Crippen molar-refractivity contribution in [2.45, 2.75) is 38.2 Å². The van der Waals surface area contributed by atoms with Gasteiger partial charge in [-0.1, -0.05) is 36.8 Å². The van der Waals surface area contributed by atoms with Crippen molar-refractivity contribution in [1.82, 2.24) is 4.98 Å². The van der Waals surface area contributed by atoms with Gasteiger partial charge in [0.2, 0.25) is 0 Å². The number of benzene rings is 1. The summed E-state index contributed by atoms with van der Waals surface area (Å²) in [4.78, 5) is 4.42. The molecule has 2 heteroatoms. The van der Waals surface area contributed by atoms with Crippen LogP contribution in [-0.4, -0.2) is 11.1 Å². The zero-order chi connectivity index (χ0) is 12.9. The van der Waals surface area contributed by atoms with Crippen LogP contribution in [0.1, 0.15) is 32.1 Å². The van der Waals surface area contributed by atoms with Crippen molar-refractivity contribution in [3.05, 3.63) is 48.7 Å². The number of hydrogen-bond donors (Lipinski definition) is 0. The monoisotopic (exact) mass is 253 g/mol. The lowest BCUT2D eigenvalue weighted by molar-refractivity contribution is 0.155. The largest absolute Gasteiger partial charge is 0.490 e. The Balaban J connectivity index is 1.76. The predicted octanol–water partition coefficient (Wildman–Crippen LogP) is 4.46. The minimum atomic E-state index is 0.389. The maximum atomic E-state index is 6.08. The smallest absolute Gasteiger partial charge is 0.123 e. The maximum Gasteiger partial charge on any atom is 0.123 e. The summed E-state index contributed by atoms with van der Waals surface area (Å²) in [7, 11) is 0. The highest BCUT2D eigenvalue weighted by molar-refractivity contribution is 5.60. The molecule has 2 nitrogen and oxygen atoms in total. The van der Waals surface area contributed by atoms with Crippen LogP contribution in [0.4, 0.5) is 0 Å². The van der Waals surface area contributed by atoms with Crippen LogP contribution in [0.3, 0.4) is 0 Å². The lowest BCUT2D eigenvalue weighted by Crippen LogP contribution is -2.19. The molecule has 2 aromatic rings. The van der Waals surface area contributed by atoms with E-state index >= 15 is 0 Å². The van der Waals surface area contributed by atoms with E-state index in [9.17, 15) is 0 Å². The molecule has 0 N–H and O–H groups in total. The van der Waals surface area contributed by atoms with Crippen LogP contribution in [0.25, 0.3) is 11.3 Å². The van der Waals surface area contributed by atoms with Crippen LogP contribution < -0.4 is 4.74 Å². The molecule has 19 heavy (non-hydrogen) atoms. The summed E-state index contributed by atoms with van der Waals surface area (Å²) < 4.78 is 6.08. The third kappa shape index (κ3) is 3.14. The van der Waals surface area contributed by atoms with E-state index in [0.717, 1.165) is 17.0 Å². The van der Waals surface area contributed by atoms with Crippen molar-refractivity contribution in [2.24, 2.45) is 0 Å². The highest BCUT2D eigenvalue weighted by Gasteiger charge is 2.15. The lowest BCUT2D eigenvalue weighted by atomic mass is 9.98. The van der Waals surface area contributed by atoms with Gasteiger partial charge in [-0.05, 0) is 31.7 Å². The van der Waals surface area contributed by atoms with E-state index in [4.69, 9.17) is 4.74 Å². The van der Waals surface area contributed by atoms with Crippen molar-refractivity contribution >= 4 is 0 Å². The topological polar surface area (TPSA) is 22.1 Å². The number of ether oxygens (including phenoxy) is 1. The van der Waals surface area contributed by atoms with Gasteiger partial charge in [0.05, 0.1) is 11.8 Å². The third-order valence-corrected chi connectivity index (χ3v) is 3.66.